The molecule has 0 amide bonds. The molecule has 0 aromatic heterocycles. The summed E-state index contributed by atoms with van der Waals surface area (Å²) >= 11 is 0. The summed E-state index contributed by atoms with van der Waals surface area (Å²) in [6.45, 7) is 3.04. The molecule has 3 nitrogen and oxygen atoms in total. The first kappa shape index (κ1) is 12.3. The van der Waals surface area contributed by atoms with Crippen LogP contribution in [0.4, 0.5) is 4.39 Å². The summed E-state index contributed by atoms with van der Waals surface area (Å²) in [6, 6.07) is 4.50. The maximum absolute atomic E-state index is 13.6. The second kappa shape index (κ2) is 5.47. The third-order valence-corrected chi connectivity index (χ3v) is 2.92. The van der Waals surface area contributed by atoms with Crippen LogP contribution in [-0.4, -0.2) is 19.3 Å². The van der Waals surface area contributed by atoms with Crippen molar-refractivity contribution in [3.8, 4) is 5.75 Å². The molecule has 0 bridgehead atoms. The lowest BCUT2D eigenvalue weighted by Crippen LogP contribution is -2.16. The van der Waals surface area contributed by atoms with Crippen LogP contribution in [0.1, 0.15) is 31.4 Å². The molecule has 1 heterocycles. The Hall–Kier alpha value is -1.13. The topological polar surface area (TPSA) is 44.5 Å². The highest BCUT2D eigenvalue weighted by atomic mass is 19.1. The van der Waals surface area contributed by atoms with Crippen molar-refractivity contribution in [3.63, 3.8) is 0 Å². The van der Waals surface area contributed by atoms with E-state index in [1.807, 2.05) is 0 Å². The Balaban J connectivity index is 1.94. The largest absolute Gasteiger partial charge is 0.491 e. The molecular weight excluding hydrogens is 221 g/mol. The van der Waals surface area contributed by atoms with Crippen LogP contribution >= 0.6 is 0 Å². The zero-order valence-electron chi connectivity index (χ0n) is 9.99. The van der Waals surface area contributed by atoms with Gasteiger partial charge in [-0.1, -0.05) is 6.07 Å². The van der Waals surface area contributed by atoms with Crippen LogP contribution in [0.25, 0.3) is 0 Å². The lowest BCUT2D eigenvalue weighted by Gasteiger charge is -2.13. The molecular formula is C13H18FNO2. The average molecular weight is 239 g/mol. The van der Waals surface area contributed by atoms with Crippen LogP contribution in [0.2, 0.25) is 0 Å². The molecule has 2 atom stereocenters. The first-order valence-electron chi connectivity index (χ1n) is 5.96. The summed E-state index contributed by atoms with van der Waals surface area (Å²) < 4.78 is 24.5. The fourth-order valence-electron chi connectivity index (χ4n) is 1.93. The highest BCUT2D eigenvalue weighted by Gasteiger charge is 2.16. The number of halogens is 1. The van der Waals surface area contributed by atoms with E-state index in [4.69, 9.17) is 15.2 Å². The van der Waals surface area contributed by atoms with Gasteiger partial charge in [-0.3, -0.25) is 0 Å². The Morgan fingerprint density at radius 2 is 2.41 bits per heavy atom. The predicted molar refractivity (Wildman–Crippen MR) is 63.5 cm³/mol. The number of ether oxygens (including phenoxy) is 2. The van der Waals surface area contributed by atoms with Gasteiger partial charge in [-0.05, 0) is 25.8 Å². The SMILES string of the molecule is C[C@@H](N)c1ccc(OCC2CCCO2)cc1F. The van der Waals surface area contributed by atoms with E-state index in [0.29, 0.717) is 17.9 Å². The molecule has 0 radical (unpaired) electrons. The first-order chi connectivity index (χ1) is 8.16. The Morgan fingerprint density at radius 3 is 3.00 bits per heavy atom. The minimum Gasteiger partial charge on any atom is -0.491 e. The van der Waals surface area contributed by atoms with Crippen molar-refractivity contribution in [2.45, 2.75) is 31.9 Å². The second-order valence-corrected chi connectivity index (χ2v) is 4.42. The van der Waals surface area contributed by atoms with E-state index in [2.05, 4.69) is 0 Å². The van der Waals surface area contributed by atoms with Gasteiger partial charge >= 0.3 is 0 Å². The fourth-order valence-corrected chi connectivity index (χ4v) is 1.93. The van der Waals surface area contributed by atoms with Crippen molar-refractivity contribution in [1.29, 1.82) is 0 Å². The van der Waals surface area contributed by atoms with Crippen molar-refractivity contribution < 1.29 is 13.9 Å². The van der Waals surface area contributed by atoms with E-state index in [-0.39, 0.29) is 18.0 Å². The number of nitrogens with two attached hydrogens (primary N) is 1. The Morgan fingerprint density at radius 1 is 1.59 bits per heavy atom. The Labute approximate surface area is 101 Å². The zero-order chi connectivity index (χ0) is 12.3. The van der Waals surface area contributed by atoms with E-state index in [1.54, 1.807) is 19.1 Å². The highest BCUT2D eigenvalue weighted by molar-refractivity contribution is 5.30. The van der Waals surface area contributed by atoms with Crippen molar-refractivity contribution in [3.05, 3.63) is 29.6 Å². The normalized spacial score (nSPS) is 21.5. The molecule has 0 saturated carbocycles. The lowest BCUT2D eigenvalue weighted by molar-refractivity contribution is 0.0678. The Kier molecular flexibility index (Phi) is 3.97. The van der Waals surface area contributed by atoms with Gasteiger partial charge in [0.05, 0.1) is 6.10 Å². The molecule has 1 aromatic rings. The van der Waals surface area contributed by atoms with Crippen LogP contribution in [0, 0.1) is 5.82 Å². The minimum atomic E-state index is -0.315. The van der Waals surface area contributed by atoms with Crippen molar-refractivity contribution in [2.24, 2.45) is 5.73 Å². The molecule has 1 fully saturated rings. The van der Waals surface area contributed by atoms with Gasteiger partial charge in [0.1, 0.15) is 18.2 Å². The fraction of sp³-hybridized carbons (Fsp3) is 0.538. The van der Waals surface area contributed by atoms with E-state index in [9.17, 15) is 4.39 Å². The molecule has 1 aliphatic rings. The van der Waals surface area contributed by atoms with Crippen LogP contribution in [0.5, 0.6) is 5.75 Å². The molecule has 1 saturated heterocycles. The number of rotatable bonds is 4. The molecule has 1 unspecified atom stereocenters. The summed E-state index contributed by atoms with van der Waals surface area (Å²) in [6.07, 6.45) is 2.23. The standard InChI is InChI=1S/C13H18FNO2/c1-9(15)12-5-4-10(7-13(12)14)17-8-11-3-2-6-16-11/h4-5,7,9,11H,2-3,6,8,15H2,1H3/t9-,11?/m1/s1. The molecule has 94 valence electrons. The summed E-state index contributed by atoms with van der Waals surface area (Å²) in [7, 11) is 0. The molecule has 2 rings (SSSR count). The van der Waals surface area contributed by atoms with E-state index in [0.717, 1.165) is 19.4 Å². The van der Waals surface area contributed by atoms with Gasteiger partial charge in [0.15, 0.2) is 0 Å². The van der Waals surface area contributed by atoms with Gasteiger partial charge in [0.2, 0.25) is 0 Å². The molecule has 17 heavy (non-hydrogen) atoms. The van der Waals surface area contributed by atoms with Gasteiger partial charge in [-0.2, -0.15) is 0 Å². The predicted octanol–water partition coefficient (Wildman–Crippen LogP) is 2.40. The average Bonchev–Trinajstić information content (AvgIpc) is 2.78. The van der Waals surface area contributed by atoms with Crippen molar-refractivity contribution in [2.75, 3.05) is 13.2 Å². The van der Waals surface area contributed by atoms with Crippen LogP contribution in [0.3, 0.4) is 0 Å². The smallest absolute Gasteiger partial charge is 0.131 e. The van der Waals surface area contributed by atoms with Crippen molar-refractivity contribution in [1.82, 2.24) is 0 Å². The maximum atomic E-state index is 13.6. The minimum absolute atomic E-state index is 0.145. The third kappa shape index (κ3) is 3.17. The number of hydrogen-bond acceptors (Lipinski definition) is 3. The van der Waals surface area contributed by atoms with E-state index < -0.39 is 0 Å². The quantitative estimate of drug-likeness (QED) is 0.877. The Bertz CT molecular complexity index is 376. The third-order valence-electron chi connectivity index (χ3n) is 2.92. The van der Waals surface area contributed by atoms with Gasteiger partial charge in [0, 0.05) is 24.3 Å². The molecule has 4 heteroatoms. The van der Waals surface area contributed by atoms with E-state index >= 15 is 0 Å². The molecule has 1 aromatic carbocycles. The lowest BCUT2D eigenvalue weighted by atomic mass is 10.1. The summed E-state index contributed by atoms with van der Waals surface area (Å²) in [5, 5.41) is 0. The van der Waals surface area contributed by atoms with Crippen LogP contribution in [-0.2, 0) is 4.74 Å². The van der Waals surface area contributed by atoms with Crippen LogP contribution < -0.4 is 10.5 Å². The second-order valence-electron chi connectivity index (χ2n) is 4.42. The molecule has 2 N–H and O–H groups in total. The monoisotopic (exact) mass is 239 g/mol. The number of benzene rings is 1. The van der Waals surface area contributed by atoms with Crippen LogP contribution in [0.15, 0.2) is 18.2 Å². The molecule has 0 spiro atoms. The summed E-state index contributed by atoms with van der Waals surface area (Å²) in [4.78, 5) is 0. The maximum Gasteiger partial charge on any atom is 0.131 e. The molecule has 0 aliphatic carbocycles. The van der Waals surface area contributed by atoms with Gasteiger partial charge in [0.25, 0.3) is 0 Å². The number of hydrogen-bond donors (Lipinski definition) is 1. The van der Waals surface area contributed by atoms with Crippen molar-refractivity contribution >= 4 is 0 Å². The van der Waals surface area contributed by atoms with Gasteiger partial charge < -0.3 is 15.2 Å². The summed E-state index contributed by atoms with van der Waals surface area (Å²) in [5.74, 6) is 0.215. The van der Waals surface area contributed by atoms with E-state index in [1.165, 1.54) is 6.07 Å². The first-order valence-corrected chi connectivity index (χ1v) is 5.96. The van der Waals surface area contributed by atoms with Gasteiger partial charge in [-0.25, -0.2) is 4.39 Å². The zero-order valence-corrected chi connectivity index (χ0v) is 9.99. The summed E-state index contributed by atoms with van der Waals surface area (Å²) in [5.41, 5.74) is 6.15. The molecule has 1 aliphatic heterocycles. The van der Waals surface area contributed by atoms with Gasteiger partial charge in [-0.15, -0.1) is 0 Å². The highest BCUT2D eigenvalue weighted by Crippen LogP contribution is 2.21.